The van der Waals surface area contributed by atoms with E-state index in [4.69, 9.17) is 4.74 Å². The summed E-state index contributed by atoms with van der Waals surface area (Å²) in [6, 6.07) is 7.65. The van der Waals surface area contributed by atoms with Crippen LogP contribution in [0.1, 0.15) is 24.0 Å². The maximum absolute atomic E-state index is 5.17. The summed E-state index contributed by atoms with van der Waals surface area (Å²) in [5.41, 5.74) is 1.98. The van der Waals surface area contributed by atoms with Gasteiger partial charge in [-0.25, -0.2) is 4.98 Å². The molecule has 120 valence electrons. The van der Waals surface area contributed by atoms with Gasteiger partial charge in [0, 0.05) is 11.1 Å². The minimum Gasteiger partial charge on any atom is -0.497 e. The molecule has 0 aliphatic heterocycles. The molecule has 23 heavy (non-hydrogen) atoms. The SMILES string of the molecule is CCCc1nc(CSc2nnnn2-c2ccc(OC)cc2)cs1. The first-order valence-corrected chi connectivity index (χ1v) is 9.15. The van der Waals surface area contributed by atoms with E-state index in [-0.39, 0.29) is 0 Å². The molecule has 0 N–H and O–H groups in total. The van der Waals surface area contributed by atoms with Crippen LogP contribution in [0.5, 0.6) is 5.75 Å². The highest BCUT2D eigenvalue weighted by Crippen LogP contribution is 2.24. The molecule has 0 amide bonds. The molecular weight excluding hydrogens is 330 g/mol. The summed E-state index contributed by atoms with van der Waals surface area (Å²) in [7, 11) is 1.65. The second kappa shape index (κ2) is 7.56. The standard InChI is InChI=1S/C15H17N5OS2/c1-3-4-14-16-11(9-22-14)10-23-15-17-18-19-20(15)12-5-7-13(21-2)8-6-12/h5-9H,3-4,10H2,1-2H3. The third kappa shape index (κ3) is 3.89. The first-order chi connectivity index (χ1) is 11.3. The molecule has 0 radical (unpaired) electrons. The van der Waals surface area contributed by atoms with E-state index in [0.29, 0.717) is 0 Å². The van der Waals surface area contributed by atoms with Crippen LogP contribution in [0.15, 0.2) is 34.8 Å². The van der Waals surface area contributed by atoms with Crippen LogP contribution in [0.25, 0.3) is 5.69 Å². The molecule has 2 heterocycles. The largest absolute Gasteiger partial charge is 0.497 e. The molecule has 3 rings (SSSR count). The number of methoxy groups -OCH3 is 1. The Hall–Kier alpha value is -1.93. The Morgan fingerprint density at radius 1 is 1.26 bits per heavy atom. The third-order valence-corrected chi connectivity index (χ3v) is 5.08. The van der Waals surface area contributed by atoms with Gasteiger partial charge in [-0.1, -0.05) is 18.7 Å². The van der Waals surface area contributed by atoms with Gasteiger partial charge in [0.25, 0.3) is 0 Å². The van der Waals surface area contributed by atoms with Gasteiger partial charge in [0.05, 0.1) is 23.5 Å². The van der Waals surface area contributed by atoms with E-state index in [1.54, 1.807) is 34.9 Å². The van der Waals surface area contributed by atoms with Crippen molar-refractivity contribution in [1.82, 2.24) is 25.2 Å². The van der Waals surface area contributed by atoms with E-state index < -0.39 is 0 Å². The number of nitrogens with zero attached hydrogens (tertiary/aromatic N) is 5. The minimum absolute atomic E-state index is 0.750. The zero-order chi connectivity index (χ0) is 16.1. The number of hydrogen-bond donors (Lipinski definition) is 0. The molecule has 8 heteroatoms. The van der Waals surface area contributed by atoms with Gasteiger partial charge in [-0.05, 0) is 47.5 Å². The summed E-state index contributed by atoms with van der Waals surface area (Å²) in [5, 5.41) is 16.0. The molecule has 0 fully saturated rings. The first kappa shape index (κ1) is 15.9. The maximum Gasteiger partial charge on any atom is 0.214 e. The number of thiazole rings is 1. The maximum atomic E-state index is 5.17. The number of hydrogen-bond acceptors (Lipinski definition) is 7. The lowest BCUT2D eigenvalue weighted by Crippen LogP contribution is -1.99. The first-order valence-electron chi connectivity index (χ1n) is 7.29. The van der Waals surface area contributed by atoms with Crippen molar-refractivity contribution < 1.29 is 4.74 Å². The summed E-state index contributed by atoms with van der Waals surface area (Å²) >= 11 is 3.30. The average Bonchev–Trinajstić information content (AvgIpc) is 3.22. The average molecular weight is 347 g/mol. The van der Waals surface area contributed by atoms with Gasteiger partial charge in [0.15, 0.2) is 0 Å². The predicted molar refractivity (Wildman–Crippen MR) is 91.4 cm³/mol. The van der Waals surface area contributed by atoms with E-state index in [0.717, 1.165) is 40.9 Å². The minimum atomic E-state index is 0.750. The van der Waals surface area contributed by atoms with Crippen molar-refractivity contribution in [1.29, 1.82) is 0 Å². The lowest BCUT2D eigenvalue weighted by atomic mass is 10.3. The fourth-order valence-electron chi connectivity index (χ4n) is 2.04. The molecule has 0 unspecified atom stereocenters. The molecule has 2 aromatic heterocycles. The van der Waals surface area contributed by atoms with Gasteiger partial charge >= 0.3 is 0 Å². The van der Waals surface area contributed by atoms with Crippen molar-refractivity contribution in [3.63, 3.8) is 0 Å². The summed E-state index contributed by atoms with van der Waals surface area (Å²) < 4.78 is 6.90. The van der Waals surface area contributed by atoms with Crippen molar-refractivity contribution in [3.05, 3.63) is 40.3 Å². The molecule has 0 saturated heterocycles. The monoisotopic (exact) mass is 347 g/mol. The van der Waals surface area contributed by atoms with Gasteiger partial charge in [-0.2, -0.15) is 4.68 Å². The van der Waals surface area contributed by atoms with Crippen LogP contribution in [0, 0.1) is 0 Å². The molecule has 0 bridgehead atoms. The van der Waals surface area contributed by atoms with Crippen molar-refractivity contribution in [2.45, 2.75) is 30.7 Å². The van der Waals surface area contributed by atoms with E-state index in [9.17, 15) is 0 Å². The summed E-state index contributed by atoms with van der Waals surface area (Å²) in [6.07, 6.45) is 2.16. The second-order valence-corrected chi connectivity index (χ2v) is 6.73. The number of benzene rings is 1. The summed E-state index contributed by atoms with van der Waals surface area (Å²) in [6.45, 7) is 2.17. The highest BCUT2D eigenvalue weighted by Gasteiger charge is 2.10. The van der Waals surface area contributed by atoms with Gasteiger partial charge in [0.2, 0.25) is 5.16 Å². The second-order valence-electron chi connectivity index (χ2n) is 4.84. The van der Waals surface area contributed by atoms with Crippen molar-refractivity contribution in [3.8, 4) is 11.4 Å². The van der Waals surface area contributed by atoms with E-state index in [1.807, 2.05) is 24.3 Å². The highest BCUT2D eigenvalue weighted by molar-refractivity contribution is 7.98. The Bertz CT molecular complexity index is 753. The van der Waals surface area contributed by atoms with Crippen molar-refractivity contribution in [2.24, 2.45) is 0 Å². The highest BCUT2D eigenvalue weighted by atomic mass is 32.2. The van der Waals surface area contributed by atoms with Crippen molar-refractivity contribution in [2.75, 3.05) is 7.11 Å². The van der Waals surface area contributed by atoms with Gasteiger partial charge in [-0.15, -0.1) is 16.4 Å². The Labute approximate surface area is 142 Å². The lowest BCUT2D eigenvalue weighted by molar-refractivity contribution is 0.414. The molecule has 0 atom stereocenters. The van der Waals surface area contributed by atoms with Gasteiger partial charge in [-0.3, -0.25) is 0 Å². The van der Waals surface area contributed by atoms with Crippen LogP contribution in [0.4, 0.5) is 0 Å². The quantitative estimate of drug-likeness (QED) is 0.611. The number of aryl methyl sites for hydroxylation is 1. The van der Waals surface area contributed by atoms with Crippen LogP contribution in [0.2, 0.25) is 0 Å². The number of ether oxygens (including phenoxy) is 1. The molecule has 6 nitrogen and oxygen atoms in total. The number of thioether (sulfide) groups is 1. The van der Waals surface area contributed by atoms with Gasteiger partial charge < -0.3 is 4.74 Å². The lowest BCUT2D eigenvalue weighted by Gasteiger charge is -2.04. The zero-order valence-electron chi connectivity index (χ0n) is 13.0. The Balaban J connectivity index is 1.70. The van der Waals surface area contributed by atoms with Crippen LogP contribution in [-0.4, -0.2) is 32.3 Å². The van der Waals surface area contributed by atoms with Crippen LogP contribution < -0.4 is 4.74 Å². The number of aromatic nitrogens is 5. The smallest absolute Gasteiger partial charge is 0.214 e. The molecule has 0 saturated carbocycles. The van der Waals surface area contributed by atoms with E-state index in [2.05, 4.69) is 32.8 Å². The zero-order valence-corrected chi connectivity index (χ0v) is 14.6. The number of tetrazole rings is 1. The third-order valence-electron chi connectivity index (χ3n) is 3.17. The molecule has 1 aromatic carbocycles. The predicted octanol–water partition coefficient (Wildman–Crippen LogP) is 3.37. The van der Waals surface area contributed by atoms with Crippen LogP contribution in [-0.2, 0) is 12.2 Å². The Morgan fingerprint density at radius 3 is 2.83 bits per heavy atom. The van der Waals surface area contributed by atoms with Gasteiger partial charge in [0.1, 0.15) is 5.75 Å². The number of rotatable bonds is 7. The summed E-state index contributed by atoms with van der Waals surface area (Å²) in [4.78, 5) is 4.63. The molecule has 3 aromatic rings. The normalized spacial score (nSPS) is 10.9. The fraction of sp³-hybridized carbons (Fsp3) is 0.333. The van der Waals surface area contributed by atoms with Crippen LogP contribution >= 0.6 is 23.1 Å². The van der Waals surface area contributed by atoms with Crippen molar-refractivity contribution >= 4 is 23.1 Å². The van der Waals surface area contributed by atoms with Crippen LogP contribution in [0.3, 0.4) is 0 Å². The molecular formula is C15H17N5OS2. The molecule has 0 aliphatic rings. The Kier molecular flexibility index (Phi) is 5.24. The van der Waals surface area contributed by atoms with E-state index in [1.165, 1.54) is 5.01 Å². The fourth-order valence-corrected chi connectivity index (χ4v) is 3.83. The topological polar surface area (TPSA) is 65.7 Å². The molecule has 0 spiro atoms. The van der Waals surface area contributed by atoms with E-state index >= 15 is 0 Å². The Morgan fingerprint density at radius 2 is 2.09 bits per heavy atom. The summed E-state index contributed by atoms with van der Waals surface area (Å²) in [5.74, 6) is 1.57. The molecule has 0 aliphatic carbocycles.